The molecule has 1 aliphatic heterocycles. The summed E-state index contributed by atoms with van der Waals surface area (Å²) in [6.07, 6.45) is 3.74. The van der Waals surface area contributed by atoms with Gasteiger partial charge in [0.2, 0.25) is 0 Å². The number of piperidine rings is 1. The molecule has 1 N–H and O–H groups in total. The first-order chi connectivity index (χ1) is 9.19. The topological polar surface area (TPSA) is 15.3 Å². The van der Waals surface area contributed by atoms with E-state index in [0.29, 0.717) is 5.41 Å². The summed E-state index contributed by atoms with van der Waals surface area (Å²) in [6.45, 7) is 8.71. The zero-order valence-corrected chi connectivity index (χ0v) is 12.1. The fourth-order valence-corrected chi connectivity index (χ4v) is 3.02. The van der Waals surface area contributed by atoms with Gasteiger partial charge in [0.05, 0.1) is 0 Å². The minimum atomic E-state index is -0.163. The summed E-state index contributed by atoms with van der Waals surface area (Å²) in [5, 5.41) is 3.53. The molecule has 0 bridgehead atoms. The van der Waals surface area contributed by atoms with Crippen LogP contribution >= 0.6 is 0 Å². The first-order valence-corrected chi connectivity index (χ1v) is 7.40. The van der Waals surface area contributed by atoms with E-state index in [9.17, 15) is 4.39 Å². The number of hydrogen-bond acceptors (Lipinski definition) is 2. The highest BCUT2D eigenvalue weighted by atomic mass is 19.1. The molecule has 1 aromatic carbocycles. The molecule has 1 heterocycles. The van der Waals surface area contributed by atoms with Crippen molar-refractivity contribution < 1.29 is 4.39 Å². The summed E-state index contributed by atoms with van der Waals surface area (Å²) in [7, 11) is 0. The van der Waals surface area contributed by atoms with Gasteiger partial charge in [0.15, 0.2) is 0 Å². The molecule has 0 aliphatic carbocycles. The minimum Gasteiger partial charge on any atom is -0.371 e. The van der Waals surface area contributed by atoms with Gasteiger partial charge in [-0.05, 0) is 57.0 Å². The van der Waals surface area contributed by atoms with Crippen LogP contribution in [0.2, 0.25) is 0 Å². The van der Waals surface area contributed by atoms with Crippen molar-refractivity contribution in [3.63, 3.8) is 0 Å². The van der Waals surface area contributed by atoms with E-state index in [1.165, 1.54) is 19.3 Å². The predicted octanol–water partition coefficient (Wildman–Crippen LogP) is 3.43. The van der Waals surface area contributed by atoms with Crippen molar-refractivity contribution in [2.75, 3.05) is 31.1 Å². The molecule has 106 valence electrons. The van der Waals surface area contributed by atoms with Crippen LogP contribution in [0.25, 0.3) is 0 Å². The van der Waals surface area contributed by atoms with Crippen molar-refractivity contribution >= 4 is 5.69 Å². The van der Waals surface area contributed by atoms with Gasteiger partial charge in [0, 0.05) is 30.7 Å². The zero-order valence-electron chi connectivity index (χ0n) is 12.1. The van der Waals surface area contributed by atoms with Crippen molar-refractivity contribution in [1.29, 1.82) is 0 Å². The summed E-state index contributed by atoms with van der Waals surface area (Å²) < 4.78 is 13.0. The highest BCUT2D eigenvalue weighted by molar-refractivity contribution is 5.46. The summed E-state index contributed by atoms with van der Waals surface area (Å²) in [5.74, 6) is -0.163. The molecule has 1 aliphatic rings. The molecular formula is C16H25FN2. The third kappa shape index (κ3) is 3.47. The average molecular weight is 264 g/mol. The van der Waals surface area contributed by atoms with E-state index in [2.05, 4.69) is 24.1 Å². The van der Waals surface area contributed by atoms with Crippen molar-refractivity contribution in [1.82, 2.24) is 5.32 Å². The fraction of sp³-hybridized carbons (Fsp3) is 0.625. The summed E-state index contributed by atoms with van der Waals surface area (Å²) in [6, 6.07) is 6.88. The molecule has 0 radical (unpaired) electrons. The second kappa shape index (κ2) is 6.38. The number of benzene rings is 1. The summed E-state index contributed by atoms with van der Waals surface area (Å²) >= 11 is 0. The molecule has 1 atom stereocenters. The van der Waals surface area contributed by atoms with Crippen LogP contribution < -0.4 is 10.2 Å². The number of nitrogens with one attached hydrogen (secondary N) is 1. The maximum atomic E-state index is 13.0. The molecule has 1 saturated heterocycles. The Morgan fingerprint density at radius 2 is 2.00 bits per heavy atom. The predicted molar refractivity (Wildman–Crippen MR) is 79.1 cm³/mol. The molecule has 1 unspecified atom stereocenters. The summed E-state index contributed by atoms with van der Waals surface area (Å²) in [4.78, 5) is 2.37. The molecule has 2 nitrogen and oxygen atoms in total. The van der Waals surface area contributed by atoms with E-state index in [4.69, 9.17) is 0 Å². The van der Waals surface area contributed by atoms with Crippen molar-refractivity contribution in [3.05, 3.63) is 30.1 Å². The molecule has 3 heteroatoms. The minimum absolute atomic E-state index is 0.163. The summed E-state index contributed by atoms with van der Waals surface area (Å²) in [5.41, 5.74) is 1.49. The Bertz CT molecular complexity index is 382. The van der Waals surface area contributed by atoms with Gasteiger partial charge in [-0.2, -0.15) is 0 Å². The number of nitrogens with zero attached hydrogens (tertiary/aromatic N) is 1. The lowest BCUT2D eigenvalue weighted by atomic mass is 9.78. The lowest BCUT2D eigenvalue weighted by molar-refractivity contribution is 0.205. The second-order valence-corrected chi connectivity index (χ2v) is 5.62. The maximum absolute atomic E-state index is 13.0. The second-order valence-electron chi connectivity index (χ2n) is 5.62. The Hall–Kier alpha value is -1.09. The first kappa shape index (κ1) is 14.3. The van der Waals surface area contributed by atoms with Crippen molar-refractivity contribution in [2.45, 2.75) is 33.1 Å². The highest BCUT2D eigenvalue weighted by Gasteiger charge is 2.32. The molecule has 0 saturated carbocycles. The SMILES string of the molecule is CCN(CC1(CC)CCCNC1)c1ccc(F)cc1. The van der Waals surface area contributed by atoms with Crippen LogP contribution in [0, 0.1) is 11.2 Å². The highest BCUT2D eigenvalue weighted by Crippen LogP contribution is 2.32. The molecular weight excluding hydrogens is 239 g/mol. The number of rotatable bonds is 5. The van der Waals surface area contributed by atoms with Gasteiger partial charge in [-0.25, -0.2) is 4.39 Å². The van der Waals surface area contributed by atoms with E-state index >= 15 is 0 Å². The van der Waals surface area contributed by atoms with E-state index < -0.39 is 0 Å². The molecule has 0 spiro atoms. The molecule has 0 amide bonds. The van der Waals surface area contributed by atoms with Gasteiger partial charge >= 0.3 is 0 Å². The van der Waals surface area contributed by atoms with Gasteiger partial charge in [0.25, 0.3) is 0 Å². The molecule has 1 aromatic rings. The third-order valence-corrected chi connectivity index (χ3v) is 4.41. The largest absolute Gasteiger partial charge is 0.371 e. The van der Waals surface area contributed by atoms with Gasteiger partial charge in [-0.15, -0.1) is 0 Å². The number of anilines is 1. The average Bonchev–Trinajstić information content (AvgIpc) is 2.47. The Morgan fingerprint density at radius 1 is 1.26 bits per heavy atom. The zero-order chi connectivity index (χ0) is 13.7. The Morgan fingerprint density at radius 3 is 2.53 bits per heavy atom. The smallest absolute Gasteiger partial charge is 0.123 e. The monoisotopic (exact) mass is 264 g/mol. The van der Waals surface area contributed by atoms with Crippen LogP contribution in [0.1, 0.15) is 33.1 Å². The lowest BCUT2D eigenvalue weighted by Gasteiger charge is -2.41. The first-order valence-electron chi connectivity index (χ1n) is 7.40. The Labute approximate surface area is 116 Å². The van der Waals surface area contributed by atoms with E-state index in [1.807, 2.05) is 12.1 Å². The Balaban J connectivity index is 2.11. The van der Waals surface area contributed by atoms with Crippen LogP contribution in [-0.4, -0.2) is 26.2 Å². The molecule has 1 fully saturated rings. The van der Waals surface area contributed by atoms with E-state index in [0.717, 1.165) is 31.9 Å². The quantitative estimate of drug-likeness (QED) is 0.876. The number of hydrogen-bond donors (Lipinski definition) is 1. The number of halogens is 1. The third-order valence-electron chi connectivity index (χ3n) is 4.41. The van der Waals surface area contributed by atoms with Gasteiger partial charge in [-0.1, -0.05) is 6.92 Å². The van der Waals surface area contributed by atoms with Gasteiger partial charge < -0.3 is 10.2 Å². The normalized spacial score (nSPS) is 23.3. The van der Waals surface area contributed by atoms with Crippen molar-refractivity contribution in [3.8, 4) is 0 Å². The molecule has 19 heavy (non-hydrogen) atoms. The van der Waals surface area contributed by atoms with Crippen LogP contribution in [0.3, 0.4) is 0 Å². The van der Waals surface area contributed by atoms with Crippen LogP contribution in [0.15, 0.2) is 24.3 Å². The van der Waals surface area contributed by atoms with E-state index in [1.54, 1.807) is 12.1 Å². The van der Waals surface area contributed by atoms with Gasteiger partial charge in [-0.3, -0.25) is 0 Å². The van der Waals surface area contributed by atoms with Crippen LogP contribution in [-0.2, 0) is 0 Å². The standard InChI is InChI=1S/C16H25FN2/c1-3-16(10-5-11-18-12-16)13-19(4-2)15-8-6-14(17)7-9-15/h6-9,18H,3-5,10-13H2,1-2H3. The van der Waals surface area contributed by atoms with E-state index in [-0.39, 0.29) is 5.82 Å². The lowest BCUT2D eigenvalue weighted by Crippen LogP contribution is -2.47. The van der Waals surface area contributed by atoms with Crippen molar-refractivity contribution in [2.24, 2.45) is 5.41 Å². The molecule has 0 aromatic heterocycles. The maximum Gasteiger partial charge on any atom is 0.123 e. The van der Waals surface area contributed by atoms with Crippen LogP contribution in [0.4, 0.5) is 10.1 Å². The van der Waals surface area contributed by atoms with Gasteiger partial charge in [0.1, 0.15) is 5.82 Å². The Kier molecular flexibility index (Phi) is 4.81. The van der Waals surface area contributed by atoms with Crippen LogP contribution in [0.5, 0.6) is 0 Å². The fourth-order valence-electron chi connectivity index (χ4n) is 3.02. The molecule has 2 rings (SSSR count).